The van der Waals surface area contributed by atoms with Crippen LogP contribution in [0.2, 0.25) is 0 Å². The molecule has 0 saturated carbocycles. The average molecular weight is 433 g/mol. The molecule has 0 fully saturated rings. The summed E-state index contributed by atoms with van der Waals surface area (Å²) in [6.45, 7) is 0.392. The molecule has 0 heterocycles. The van der Waals surface area contributed by atoms with Gasteiger partial charge in [-0.3, -0.25) is 14.4 Å². The summed E-state index contributed by atoms with van der Waals surface area (Å²) >= 11 is 0. The van der Waals surface area contributed by atoms with Gasteiger partial charge in [0.1, 0.15) is 5.75 Å². The van der Waals surface area contributed by atoms with Gasteiger partial charge in [0.2, 0.25) is 0 Å². The lowest BCUT2D eigenvalue weighted by molar-refractivity contribution is -0.142. The molecule has 0 saturated heterocycles. The average Bonchev–Trinajstić information content (AvgIpc) is 2.70. The molecule has 0 spiro atoms. The Morgan fingerprint density at radius 2 is 1.55 bits per heavy atom. The lowest BCUT2D eigenvalue weighted by atomic mass is 10.1. The van der Waals surface area contributed by atoms with Gasteiger partial charge in [0.05, 0.1) is 5.69 Å². The monoisotopic (exact) mass is 433 g/mol. The van der Waals surface area contributed by atoms with E-state index in [-0.39, 0.29) is 17.0 Å². The third kappa shape index (κ3) is 5.36. The van der Waals surface area contributed by atoms with Crippen LogP contribution in [0.5, 0.6) is 5.75 Å². The van der Waals surface area contributed by atoms with Crippen LogP contribution in [0.3, 0.4) is 0 Å². The van der Waals surface area contributed by atoms with Crippen LogP contribution in [0.15, 0.2) is 36.4 Å². The second-order valence-corrected chi connectivity index (χ2v) is 7.29. The molecule has 3 amide bonds. The Bertz CT molecular complexity index is 1010. The summed E-state index contributed by atoms with van der Waals surface area (Å²) in [5, 5.41) is 0. The lowest BCUT2D eigenvalue weighted by Gasteiger charge is -2.24. The Morgan fingerprint density at radius 1 is 0.903 bits per heavy atom. The zero-order chi connectivity index (χ0) is 23.5. The predicted octanol–water partition coefficient (Wildman–Crippen LogP) is 3.23. The van der Waals surface area contributed by atoms with Crippen LogP contribution >= 0.6 is 0 Å². The topological polar surface area (TPSA) is 70.2 Å². The molecule has 166 valence electrons. The Balaban J connectivity index is 2.40. The van der Waals surface area contributed by atoms with Crippen molar-refractivity contribution < 1.29 is 27.9 Å². The molecule has 0 radical (unpaired) electrons. The quantitative estimate of drug-likeness (QED) is 0.679. The van der Waals surface area contributed by atoms with Gasteiger partial charge in [-0.25, -0.2) is 0 Å². The van der Waals surface area contributed by atoms with Gasteiger partial charge >= 0.3 is 18.4 Å². The third-order valence-electron chi connectivity index (χ3n) is 4.64. The number of alkyl halides is 2. The number of rotatable bonds is 5. The van der Waals surface area contributed by atoms with Crippen molar-refractivity contribution in [3.05, 3.63) is 53.1 Å². The maximum atomic E-state index is 13.1. The highest BCUT2D eigenvalue weighted by Crippen LogP contribution is 2.35. The normalized spacial score (nSPS) is 10.6. The maximum Gasteiger partial charge on any atom is 0.387 e. The first-order valence-corrected chi connectivity index (χ1v) is 9.37. The van der Waals surface area contributed by atoms with Gasteiger partial charge < -0.3 is 19.4 Å². The molecule has 2 aromatic carbocycles. The van der Waals surface area contributed by atoms with E-state index in [1.807, 2.05) is 0 Å². The molecule has 0 N–H and O–H groups in total. The summed E-state index contributed by atoms with van der Waals surface area (Å²) in [7, 11) is 5.81. The Kier molecular flexibility index (Phi) is 7.32. The van der Waals surface area contributed by atoms with Crippen molar-refractivity contribution in [3.63, 3.8) is 0 Å². The Morgan fingerprint density at radius 3 is 2.13 bits per heavy atom. The molecule has 0 aromatic heterocycles. The SMILES string of the molecule is Cc1cc(C)c(N(C)C(=O)c2cccc(N(C)C(=O)C(=O)N(C)C)c2)c(OC(F)F)c1. The number of hydrogen-bond acceptors (Lipinski definition) is 4. The van der Waals surface area contributed by atoms with Gasteiger partial charge in [0, 0.05) is 39.4 Å². The molecule has 0 unspecified atom stereocenters. The predicted molar refractivity (Wildman–Crippen MR) is 114 cm³/mol. The highest BCUT2D eigenvalue weighted by molar-refractivity contribution is 6.40. The van der Waals surface area contributed by atoms with Gasteiger partial charge in [-0.05, 0) is 49.2 Å². The van der Waals surface area contributed by atoms with Crippen molar-refractivity contribution in [2.24, 2.45) is 0 Å². The van der Waals surface area contributed by atoms with Crippen molar-refractivity contribution in [1.82, 2.24) is 4.90 Å². The number of aryl methyl sites for hydroxylation is 2. The first kappa shape index (κ1) is 23.8. The van der Waals surface area contributed by atoms with E-state index in [1.54, 1.807) is 32.0 Å². The lowest BCUT2D eigenvalue weighted by Crippen LogP contribution is -2.40. The van der Waals surface area contributed by atoms with Crippen LogP contribution in [0.1, 0.15) is 21.5 Å². The number of carbonyl (C=O) groups is 3. The number of anilines is 2. The second-order valence-electron chi connectivity index (χ2n) is 7.29. The van der Waals surface area contributed by atoms with Crippen molar-refractivity contribution in [3.8, 4) is 5.75 Å². The molecule has 0 aliphatic heterocycles. The molecular formula is C22H25F2N3O4. The fourth-order valence-electron chi connectivity index (χ4n) is 3.13. The molecule has 9 heteroatoms. The number of carbonyl (C=O) groups excluding carboxylic acids is 3. The van der Waals surface area contributed by atoms with E-state index >= 15 is 0 Å². The minimum atomic E-state index is -3.04. The van der Waals surface area contributed by atoms with Gasteiger partial charge in [0.25, 0.3) is 5.91 Å². The maximum absolute atomic E-state index is 13.1. The van der Waals surface area contributed by atoms with Crippen molar-refractivity contribution >= 4 is 29.1 Å². The van der Waals surface area contributed by atoms with Gasteiger partial charge in [-0.1, -0.05) is 12.1 Å². The molecule has 0 bridgehead atoms. The minimum Gasteiger partial charge on any atom is -0.433 e. The highest BCUT2D eigenvalue weighted by Gasteiger charge is 2.24. The standard InChI is InChI=1S/C22H25F2N3O4/c1-13-10-14(2)18(17(11-13)31-22(23)24)27(6)19(28)15-8-7-9-16(12-15)26(5)21(30)20(29)25(3)4/h7-12,22H,1-6H3. The van der Waals surface area contributed by atoms with E-state index in [4.69, 9.17) is 0 Å². The Labute approximate surface area is 179 Å². The fourth-order valence-corrected chi connectivity index (χ4v) is 3.13. The van der Waals surface area contributed by atoms with E-state index in [1.165, 1.54) is 51.3 Å². The summed E-state index contributed by atoms with van der Waals surface area (Å²) in [4.78, 5) is 40.9. The molecule has 2 aromatic rings. The first-order valence-electron chi connectivity index (χ1n) is 9.37. The highest BCUT2D eigenvalue weighted by atomic mass is 19.3. The molecule has 31 heavy (non-hydrogen) atoms. The summed E-state index contributed by atoms with van der Waals surface area (Å²) in [6.07, 6.45) is 0. The number of ether oxygens (including phenoxy) is 1. The van der Waals surface area contributed by atoms with E-state index in [9.17, 15) is 23.2 Å². The van der Waals surface area contributed by atoms with Gasteiger partial charge in [0.15, 0.2) is 0 Å². The zero-order valence-electron chi connectivity index (χ0n) is 18.3. The first-order chi connectivity index (χ1) is 14.4. The second kappa shape index (κ2) is 9.55. The zero-order valence-corrected chi connectivity index (χ0v) is 18.3. The van der Waals surface area contributed by atoms with Gasteiger partial charge in [-0.15, -0.1) is 0 Å². The minimum absolute atomic E-state index is 0.108. The number of likely N-dealkylation sites (N-methyl/N-ethyl adjacent to an activating group) is 2. The van der Waals surface area contributed by atoms with Crippen LogP contribution < -0.4 is 14.5 Å². The molecule has 0 atom stereocenters. The fraction of sp³-hybridized carbons (Fsp3) is 0.318. The summed E-state index contributed by atoms with van der Waals surface area (Å²) in [5.41, 5.74) is 2.06. The van der Waals surface area contributed by atoms with Crippen molar-refractivity contribution in [2.75, 3.05) is 38.0 Å². The number of amides is 3. The third-order valence-corrected chi connectivity index (χ3v) is 4.64. The number of benzene rings is 2. The van der Waals surface area contributed by atoms with E-state index < -0.39 is 24.3 Å². The number of hydrogen-bond donors (Lipinski definition) is 0. The van der Waals surface area contributed by atoms with Crippen LogP contribution in [0.4, 0.5) is 20.2 Å². The van der Waals surface area contributed by atoms with E-state index in [0.717, 1.165) is 9.80 Å². The van der Waals surface area contributed by atoms with Crippen molar-refractivity contribution in [2.45, 2.75) is 20.5 Å². The van der Waals surface area contributed by atoms with Crippen LogP contribution in [0, 0.1) is 13.8 Å². The van der Waals surface area contributed by atoms with Crippen LogP contribution in [0.25, 0.3) is 0 Å². The van der Waals surface area contributed by atoms with Gasteiger partial charge in [-0.2, -0.15) is 8.78 Å². The summed E-state index contributed by atoms with van der Waals surface area (Å²) < 4.78 is 30.4. The molecule has 7 nitrogen and oxygen atoms in total. The molecule has 0 aliphatic rings. The number of halogens is 2. The van der Waals surface area contributed by atoms with E-state index in [0.29, 0.717) is 16.8 Å². The van der Waals surface area contributed by atoms with Crippen LogP contribution in [-0.4, -0.2) is 57.4 Å². The van der Waals surface area contributed by atoms with E-state index in [2.05, 4.69) is 4.74 Å². The van der Waals surface area contributed by atoms with Crippen molar-refractivity contribution in [1.29, 1.82) is 0 Å². The number of nitrogens with zero attached hydrogens (tertiary/aromatic N) is 3. The molecule has 0 aliphatic carbocycles. The van der Waals surface area contributed by atoms with Crippen LogP contribution in [-0.2, 0) is 9.59 Å². The Hall–Kier alpha value is -3.49. The summed E-state index contributed by atoms with van der Waals surface area (Å²) in [5.74, 6) is -2.07. The smallest absolute Gasteiger partial charge is 0.387 e. The largest absolute Gasteiger partial charge is 0.433 e. The molecule has 2 rings (SSSR count). The summed E-state index contributed by atoms with van der Waals surface area (Å²) in [6, 6.07) is 9.34. The molecular weight excluding hydrogens is 408 g/mol.